The molecule has 1 atom stereocenters. The summed E-state index contributed by atoms with van der Waals surface area (Å²) < 4.78 is 11.2. The standard InChI is InChI=1S/C21H21N5O3/c1-14-11-25-17(12-24-14)21(27)26-9-10-29-18(13-26)20-19(22-7-8-23-20)15-3-5-16(28-2)6-4-15/h3-8,11-12,18H,9-10,13H2,1-2H3. The molecule has 1 aliphatic rings. The van der Waals surface area contributed by atoms with E-state index in [1.807, 2.05) is 31.2 Å². The van der Waals surface area contributed by atoms with Crippen LogP contribution in [0.4, 0.5) is 0 Å². The Labute approximate surface area is 168 Å². The fraction of sp³-hybridized carbons (Fsp3) is 0.286. The van der Waals surface area contributed by atoms with Gasteiger partial charge in [0.2, 0.25) is 0 Å². The highest BCUT2D eigenvalue weighted by Gasteiger charge is 2.29. The summed E-state index contributed by atoms with van der Waals surface area (Å²) in [7, 11) is 1.63. The van der Waals surface area contributed by atoms with E-state index in [1.54, 1.807) is 30.6 Å². The molecule has 0 radical (unpaired) electrons. The number of methoxy groups -OCH3 is 1. The average molecular weight is 391 g/mol. The van der Waals surface area contributed by atoms with E-state index in [-0.39, 0.29) is 12.0 Å². The fourth-order valence-electron chi connectivity index (χ4n) is 3.22. The Morgan fingerprint density at radius 3 is 2.62 bits per heavy atom. The van der Waals surface area contributed by atoms with Gasteiger partial charge in [-0.1, -0.05) is 0 Å². The molecule has 2 aromatic heterocycles. The van der Waals surface area contributed by atoms with E-state index in [2.05, 4.69) is 19.9 Å². The second-order valence-corrected chi connectivity index (χ2v) is 6.67. The van der Waals surface area contributed by atoms with E-state index >= 15 is 0 Å². The Morgan fingerprint density at radius 1 is 1.10 bits per heavy atom. The zero-order valence-electron chi connectivity index (χ0n) is 16.3. The number of carbonyl (C=O) groups excluding carboxylic acids is 1. The first-order chi connectivity index (χ1) is 14.2. The highest BCUT2D eigenvalue weighted by Crippen LogP contribution is 2.30. The first kappa shape index (κ1) is 18.9. The number of amides is 1. The largest absolute Gasteiger partial charge is 0.497 e. The van der Waals surface area contributed by atoms with Crippen molar-refractivity contribution >= 4 is 5.91 Å². The molecule has 1 amide bonds. The van der Waals surface area contributed by atoms with Crippen molar-refractivity contribution in [2.45, 2.75) is 13.0 Å². The molecule has 1 aromatic carbocycles. The molecule has 3 aromatic rings. The number of aryl methyl sites for hydroxylation is 1. The zero-order chi connectivity index (χ0) is 20.2. The summed E-state index contributed by atoms with van der Waals surface area (Å²) in [5, 5.41) is 0. The molecule has 8 heteroatoms. The van der Waals surface area contributed by atoms with Gasteiger partial charge in [-0.25, -0.2) is 4.98 Å². The normalized spacial score (nSPS) is 16.5. The van der Waals surface area contributed by atoms with Crippen LogP contribution in [-0.2, 0) is 4.74 Å². The van der Waals surface area contributed by atoms with Gasteiger partial charge in [-0.3, -0.25) is 19.7 Å². The fourth-order valence-corrected chi connectivity index (χ4v) is 3.22. The van der Waals surface area contributed by atoms with Gasteiger partial charge in [0.1, 0.15) is 17.5 Å². The number of ether oxygens (including phenoxy) is 2. The third-order valence-electron chi connectivity index (χ3n) is 4.75. The van der Waals surface area contributed by atoms with E-state index in [9.17, 15) is 4.79 Å². The van der Waals surface area contributed by atoms with Crippen molar-refractivity contribution in [3.63, 3.8) is 0 Å². The number of hydrogen-bond donors (Lipinski definition) is 0. The topological polar surface area (TPSA) is 90.3 Å². The molecule has 148 valence electrons. The van der Waals surface area contributed by atoms with Crippen LogP contribution in [0.1, 0.15) is 28.0 Å². The third kappa shape index (κ3) is 4.07. The maximum atomic E-state index is 12.8. The molecule has 3 heterocycles. The second-order valence-electron chi connectivity index (χ2n) is 6.67. The SMILES string of the molecule is COc1ccc(-c2nccnc2C2CN(C(=O)c3cnc(C)cn3)CCO2)cc1. The van der Waals surface area contributed by atoms with E-state index < -0.39 is 0 Å². The Balaban J connectivity index is 1.58. The summed E-state index contributed by atoms with van der Waals surface area (Å²) in [6, 6.07) is 7.61. The van der Waals surface area contributed by atoms with Gasteiger partial charge >= 0.3 is 0 Å². The van der Waals surface area contributed by atoms with Crippen LogP contribution in [0.3, 0.4) is 0 Å². The molecular weight excluding hydrogens is 370 g/mol. The van der Waals surface area contributed by atoms with Gasteiger partial charge in [-0.2, -0.15) is 0 Å². The van der Waals surface area contributed by atoms with Crippen molar-refractivity contribution in [1.29, 1.82) is 0 Å². The Hall–Kier alpha value is -3.39. The summed E-state index contributed by atoms with van der Waals surface area (Å²) in [4.78, 5) is 31.9. The number of rotatable bonds is 4. The monoisotopic (exact) mass is 391 g/mol. The molecular formula is C21H21N5O3. The molecule has 1 aliphatic heterocycles. The molecule has 0 saturated carbocycles. The molecule has 29 heavy (non-hydrogen) atoms. The first-order valence-corrected chi connectivity index (χ1v) is 9.30. The number of benzene rings is 1. The molecule has 1 unspecified atom stereocenters. The lowest BCUT2D eigenvalue weighted by Crippen LogP contribution is -2.43. The van der Waals surface area contributed by atoms with Crippen molar-refractivity contribution in [3.05, 3.63) is 66.1 Å². The van der Waals surface area contributed by atoms with Gasteiger partial charge in [0.25, 0.3) is 5.91 Å². The molecule has 0 aliphatic carbocycles. The number of carbonyl (C=O) groups is 1. The van der Waals surface area contributed by atoms with Gasteiger partial charge in [-0.15, -0.1) is 0 Å². The van der Waals surface area contributed by atoms with Crippen LogP contribution >= 0.6 is 0 Å². The average Bonchev–Trinajstić information content (AvgIpc) is 2.79. The Kier molecular flexibility index (Phi) is 5.44. The number of morpholine rings is 1. The van der Waals surface area contributed by atoms with E-state index in [0.29, 0.717) is 31.1 Å². The second kappa shape index (κ2) is 8.32. The van der Waals surface area contributed by atoms with Crippen LogP contribution in [0.5, 0.6) is 5.75 Å². The van der Waals surface area contributed by atoms with Crippen molar-refractivity contribution < 1.29 is 14.3 Å². The van der Waals surface area contributed by atoms with Gasteiger partial charge in [0, 0.05) is 30.7 Å². The minimum Gasteiger partial charge on any atom is -0.497 e. The minimum absolute atomic E-state index is 0.166. The van der Waals surface area contributed by atoms with Gasteiger partial charge < -0.3 is 14.4 Å². The van der Waals surface area contributed by atoms with Crippen molar-refractivity contribution in [1.82, 2.24) is 24.8 Å². The Bertz CT molecular complexity index is 992. The molecule has 0 N–H and O–H groups in total. The summed E-state index contributed by atoms with van der Waals surface area (Å²) >= 11 is 0. The molecule has 8 nitrogen and oxygen atoms in total. The van der Waals surface area contributed by atoms with Gasteiger partial charge in [0.05, 0.1) is 43.5 Å². The van der Waals surface area contributed by atoms with Crippen LogP contribution < -0.4 is 4.74 Å². The molecule has 0 spiro atoms. The maximum Gasteiger partial charge on any atom is 0.274 e. The predicted octanol–water partition coefficient (Wildman–Crippen LogP) is 2.46. The van der Waals surface area contributed by atoms with Crippen LogP contribution in [0, 0.1) is 6.92 Å². The lowest BCUT2D eigenvalue weighted by atomic mass is 10.0. The highest BCUT2D eigenvalue weighted by molar-refractivity contribution is 5.92. The molecule has 1 saturated heterocycles. The zero-order valence-corrected chi connectivity index (χ0v) is 16.3. The number of nitrogens with zero attached hydrogens (tertiary/aromatic N) is 5. The molecule has 4 rings (SSSR count). The summed E-state index contributed by atoms with van der Waals surface area (Å²) in [5.74, 6) is 0.602. The highest BCUT2D eigenvalue weighted by atomic mass is 16.5. The quantitative estimate of drug-likeness (QED) is 0.675. The summed E-state index contributed by atoms with van der Waals surface area (Å²) in [6.45, 7) is 3.11. The lowest BCUT2D eigenvalue weighted by Gasteiger charge is -2.33. The van der Waals surface area contributed by atoms with Crippen LogP contribution in [0.25, 0.3) is 11.3 Å². The first-order valence-electron chi connectivity index (χ1n) is 9.30. The maximum absolute atomic E-state index is 12.8. The van der Waals surface area contributed by atoms with Crippen LogP contribution in [-0.4, -0.2) is 57.5 Å². The Morgan fingerprint density at radius 2 is 1.90 bits per heavy atom. The molecule has 1 fully saturated rings. The molecule has 0 bridgehead atoms. The van der Waals surface area contributed by atoms with E-state index in [1.165, 1.54) is 6.20 Å². The third-order valence-corrected chi connectivity index (χ3v) is 4.75. The lowest BCUT2D eigenvalue weighted by molar-refractivity contribution is -0.0248. The minimum atomic E-state index is -0.378. The predicted molar refractivity (Wildman–Crippen MR) is 105 cm³/mol. The number of aromatic nitrogens is 4. The smallest absolute Gasteiger partial charge is 0.274 e. The van der Waals surface area contributed by atoms with E-state index in [4.69, 9.17) is 9.47 Å². The van der Waals surface area contributed by atoms with Crippen molar-refractivity contribution in [3.8, 4) is 17.0 Å². The summed E-state index contributed by atoms with van der Waals surface area (Å²) in [5.41, 5.74) is 3.43. The van der Waals surface area contributed by atoms with Crippen LogP contribution in [0.2, 0.25) is 0 Å². The van der Waals surface area contributed by atoms with Gasteiger partial charge in [-0.05, 0) is 31.2 Å². The van der Waals surface area contributed by atoms with Crippen molar-refractivity contribution in [2.75, 3.05) is 26.8 Å². The van der Waals surface area contributed by atoms with E-state index in [0.717, 1.165) is 22.7 Å². The van der Waals surface area contributed by atoms with Gasteiger partial charge in [0.15, 0.2) is 0 Å². The summed E-state index contributed by atoms with van der Waals surface area (Å²) in [6.07, 6.45) is 6.01. The van der Waals surface area contributed by atoms with Crippen LogP contribution in [0.15, 0.2) is 49.1 Å². The van der Waals surface area contributed by atoms with Crippen molar-refractivity contribution in [2.24, 2.45) is 0 Å². The number of hydrogen-bond acceptors (Lipinski definition) is 7.